The monoisotopic (exact) mass is 230 g/mol. The quantitative estimate of drug-likeness (QED) is 0.808. The van der Waals surface area contributed by atoms with Crippen molar-refractivity contribution in [3.05, 3.63) is 29.8 Å². The first-order valence-corrected chi connectivity index (χ1v) is 4.46. The summed E-state index contributed by atoms with van der Waals surface area (Å²) in [6.07, 6.45) is -4.61. The lowest BCUT2D eigenvalue weighted by atomic mass is 10.2. The molecule has 0 saturated heterocycles. The van der Waals surface area contributed by atoms with E-state index in [1.807, 2.05) is 6.07 Å². The topological polar surface area (TPSA) is 45.0 Å². The number of nitrogens with zero attached hydrogens (tertiary/aromatic N) is 1. The molecular formula is C10H9F3N2O. The van der Waals surface area contributed by atoms with Crippen molar-refractivity contribution in [1.29, 1.82) is 5.26 Å². The average Bonchev–Trinajstić information content (AvgIpc) is 2.23. The van der Waals surface area contributed by atoms with Gasteiger partial charge in [0.2, 0.25) is 0 Å². The zero-order valence-electron chi connectivity index (χ0n) is 8.21. The fourth-order valence-corrected chi connectivity index (χ4v) is 1.09. The lowest BCUT2D eigenvalue weighted by Gasteiger charge is -2.09. The van der Waals surface area contributed by atoms with Crippen LogP contribution in [-0.4, -0.2) is 19.5 Å². The summed E-state index contributed by atoms with van der Waals surface area (Å²) in [7, 11) is 0. The maximum absolute atomic E-state index is 11.6. The normalized spacial score (nSPS) is 10.9. The van der Waals surface area contributed by atoms with Crippen LogP contribution in [0.1, 0.15) is 5.56 Å². The highest BCUT2D eigenvalue weighted by atomic mass is 19.4. The lowest BCUT2D eigenvalue weighted by molar-refractivity contribution is -0.322. The van der Waals surface area contributed by atoms with Crippen molar-refractivity contribution in [2.24, 2.45) is 0 Å². The van der Waals surface area contributed by atoms with Crippen molar-refractivity contribution in [1.82, 2.24) is 0 Å². The van der Waals surface area contributed by atoms with Crippen molar-refractivity contribution in [3.63, 3.8) is 0 Å². The Morgan fingerprint density at radius 1 is 1.31 bits per heavy atom. The fourth-order valence-electron chi connectivity index (χ4n) is 1.09. The molecule has 1 aromatic carbocycles. The smallest absolute Gasteiger partial charge is 0.382 e. The van der Waals surface area contributed by atoms with Gasteiger partial charge in [0.1, 0.15) is 6.07 Å². The largest absolute Gasteiger partial charge is 0.522 e. The second-order valence-electron chi connectivity index (χ2n) is 2.88. The van der Waals surface area contributed by atoms with E-state index < -0.39 is 13.0 Å². The highest BCUT2D eigenvalue weighted by Gasteiger charge is 2.28. The summed E-state index contributed by atoms with van der Waals surface area (Å²) in [5.74, 6) is 0. The zero-order valence-corrected chi connectivity index (χ0v) is 8.21. The van der Waals surface area contributed by atoms with Gasteiger partial charge in [-0.15, -0.1) is 13.2 Å². The second kappa shape index (κ2) is 5.37. The van der Waals surface area contributed by atoms with Crippen LogP contribution in [0.25, 0.3) is 0 Å². The summed E-state index contributed by atoms with van der Waals surface area (Å²) < 4.78 is 38.5. The Balaban J connectivity index is 2.41. The van der Waals surface area contributed by atoms with Gasteiger partial charge >= 0.3 is 6.36 Å². The predicted molar refractivity (Wildman–Crippen MR) is 51.7 cm³/mol. The number of ether oxygens (including phenoxy) is 1. The summed E-state index contributed by atoms with van der Waals surface area (Å²) >= 11 is 0. The highest BCUT2D eigenvalue weighted by Crippen LogP contribution is 2.16. The van der Waals surface area contributed by atoms with Crippen LogP contribution in [0.5, 0.6) is 0 Å². The van der Waals surface area contributed by atoms with E-state index in [-0.39, 0.29) is 6.54 Å². The molecule has 0 amide bonds. The molecule has 0 aromatic heterocycles. The van der Waals surface area contributed by atoms with Crippen LogP contribution in [0.15, 0.2) is 24.3 Å². The summed E-state index contributed by atoms with van der Waals surface area (Å²) in [5, 5.41) is 11.4. The third-order valence-corrected chi connectivity index (χ3v) is 1.73. The van der Waals surface area contributed by atoms with Crippen molar-refractivity contribution >= 4 is 5.69 Å². The molecule has 86 valence electrons. The van der Waals surface area contributed by atoms with Crippen molar-refractivity contribution in [3.8, 4) is 6.07 Å². The molecule has 1 N–H and O–H groups in total. The molecule has 0 aliphatic rings. The standard InChI is InChI=1S/C10H9F3N2O/c11-10(12,13)16-6-5-15-9-4-2-1-3-8(9)7-14/h1-4,15H,5-6H2. The highest BCUT2D eigenvalue weighted by molar-refractivity contribution is 5.56. The molecule has 16 heavy (non-hydrogen) atoms. The number of hydrogen-bond acceptors (Lipinski definition) is 3. The molecule has 0 aliphatic carbocycles. The number of para-hydroxylation sites is 1. The molecule has 0 radical (unpaired) electrons. The van der Waals surface area contributed by atoms with Gasteiger partial charge in [0.25, 0.3) is 0 Å². The third kappa shape index (κ3) is 4.19. The van der Waals surface area contributed by atoms with Gasteiger partial charge in [-0.05, 0) is 12.1 Å². The molecule has 0 heterocycles. The van der Waals surface area contributed by atoms with Crippen LogP contribution in [0.4, 0.5) is 18.9 Å². The molecule has 1 aromatic rings. The number of hydrogen-bond donors (Lipinski definition) is 1. The molecule has 1 rings (SSSR count). The SMILES string of the molecule is N#Cc1ccccc1NCCOC(F)(F)F. The Morgan fingerprint density at radius 3 is 2.62 bits per heavy atom. The number of halogens is 3. The Morgan fingerprint density at radius 2 is 2.00 bits per heavy atom. The van der Waals surface area contributed by atoms with Crippen LogP contribution < -0.4 is 5.32 Å². The molecule has 3 nitrogen and oxygen atoms in total. The molecular weight excluding hydrogens is 221 g/mol. The summed E-state index contributed by atoms with van der Waals surface area (Å²) in [4.78, 5) is 0. The van der Waals surface area contributed by atoms with E-state index in [0.29, 0.717) is 11.3 Å². The molecule has 6 heteroatoms. The van der Waals surface area contributed by atoms with Crippen LogP contribution in [-0.2, 0) is 4.74 Å². The zero-order chi connectivity index (χ0) is 12.0. The van der Waals surface area contributed by atoms with Crippen LogP contribution in [0.3, 0.4) is 0 Å². The molecule has 0 spiro atoms. The van der Waals surface area contributed by atoms with Gasteiger partial charge < -0.3 is 5.32 Å². The number of nitriles is 1. The van der Waals surface area contributed by atoms with Crippen LogP contribution in [0, 0.1) is 11.3 Å². The molecule has 0 unspecified atom stereocenters. The molecule has 0 fully saturated rings. The fraction of sp³-hybridized carbons (Fsp3) is 0.300. The Bertz CT molecular complexity index is 384. The number of anilines is 1. The van der Waals surface area contributed by atoms with E-state index in [2.05, 4.69) is 10.1 Å². The van der Waals surface area contributed by atoms with Crippen molar-refractivity contribution in [2.45, 2.75) is 6.36 Å². The van der Waals surface area contributed by atoms with Gasteiger partial charge in [0.05, 0.1) is 17.9 Å². The summed E-state index contributed by atoms with van der Waals surface area (Å²) in [6.45, 7) is -0.512. The number of rotatable bonds is 4. The molecule has 0 atom stereocenters. The Kier molecular flexibility index (Phi) is 4.14. The van der Waals surface area contributed by atoms with Gasteiger partial charge in [-0.2, -0.15) is 5.26 Å². The minimum Gasteiger partial charge on any atom is -0.382 e. The first-order chi connectivity index (χ1) is 7.53. The predicted octanol–water partition coefficient (Wildman–Crippen LogP) is 2.51. The maximum atomic E-state index is 11.6. The summed E-state index contributed by atoms with van der Waals surface area (Å²) in [6, 6.07) is 8.49. The van der Waals surface area contributed by atoms with Crippen LogP contribution >= 0.6 is 0 Å². The van der Waals surface area contributed by atoms with E-state index in [9.17, 15) is 13.2 Å². The van der Waals surface area contributed by atoms with Gasteiger partial charge in [0.15, 0.2) is 0 Å². The third-order valence-electron chi connectivity index (χ3n) is 1.73. The van der Waals surface area contributed by atoms with E-state index >= 15 is 0 Å². The molecule has 0 saturated carbocycles. The second-order valence-corrected chi connectivity index (χ2v) is 2.88. The lowest BCUT2D eigenvalue weighted by Crippen LogP contribution is -2.19. The van der Waals surface area contributed by atoms with Gasteiger partial charge in [-0.25, -0.2) is 0 Å². The van der Waals surface area contributed by atoms with Gasteiger partial charge in [0, 0.05) is 6.54 Å². The summed E-state index contributed by atoms with van der Waals surface area (Å²) in [5.41, 5.74) is 0.880. The van der Waals surface area contributed by atoms with E-state index in [0.717, 1.165) is 0 Å². The number of benzene rings is 1. The van der Waals surface area contributed by atoms with Gasteiger partial charge in [-0.1, -0.05) is 12.1 Å². The molecule has 0 bridgehead atoms. The van der Waals surface area contributed by atoms with Crippen molar-refractivity contribution < 1.29 is 17.9 Å². The number of nitrogens with one attached hydrogen (secondary N) is 1. The van der Waals surface area contributed by atoms with Gasteiger partial charge in [-0.3, -0.25) is 4.74 Å². The Hall–Kier alpha value is -1.74. The number of alkyl halides is 3. The van der Waals surface area contributed by atoms with E-state index in [1.54, 1.807) is 24.3 Å². The van der Waals surface area contributed by atoms with Crippen LogP contribution in [0.2, 0.25) is 0 Å². The first kappa shape index (κ1) is 12.3. The average molecular weight is 230 g/mol. The minimum absolute atomic E-state index is 0.0157. The van der Waals surface area contributed by atoms with E-state index in [1.165, 1.54) is 0 Å². The van der Waals surface area contributed by atoms with Crippen molar-refractivity contribution in [2.75, 3.05) is 18.5 Å². The molecule has 0 aliphatic heterocycles. The minimum atomic E-state index is -4.61. The maximum Gasteiger partial charge on any atom is 0.522 e. The Labute approximate surface area is 90.4 Å². The van der Waals surface area contributed by atoms with E-state index in [4.69, 9.17) is 5.26 Å². The first-order valence-electron chi connectivity index (χ1n) is 4.46.